The Morgan fingerprint density at radius 3 is 2.64 bits per heavy atom. The summed E-state index contributed by atoms with van der Waals surface area (Å²) in [5.41, 5.74) is -0.529. The van der Waals surface area contributed by atoms with E-state index in [1.165, 1.54) is 25.3 Å². The molecule has 9 nitrogen and oxygen atoms in total. The van der Waals surface area contributed by atoms with Crippen molar-refractivity contribution in [1.82, 2.24) is 5.32 Å². The molecule has 1 N–H and O–H groups in total. The Bertz CT molecular complexity index is 817. The van der Waals surface area contributed by atoms with E-state index in [0.717, 1.165) is 17.4 Å². The topological polar surface area (TPSA) is 125 Å². The number of benzene rings is 1. The second-order valence-electron chi connectivity index (χ2n) is 4.57. The molecule has 130 valence electrons. The average molecular weight is 364 g/mol. The number of methoxy groups -OCH3 is 1. The lowest BCUT2D eigenvalue weighted by atomic mass is 10.2. The van der Waals surface area contributed by atoms with Crippen LogP contribution in [0.4, 0.5) is 5.69 Å². The highest BCUT2D eigenvalue weighted by atomic mass is 32.1. The number of esters is 1. The Hall–Kier alpha value is -3.27. The van der Waals surface area contributed by atoms with Crippen LogP contribution in [0, 0.1) is 10.1 Å². The fourth-order valence-electron chi connectivity index (χ4n) is 1.81. The summed E-state index contributed by atoms with van der Waals surface area (Å²) in [6, 6.07) is 6.68. The van der Waals surface area contributed by atoms with Gasteiger partial charge in [0.15, 0.2) is 12.4 Å². The number of nitro groups is 1. The van der Waals surface area contributed by atoms with Crippen LogP contribution >= 0.6 is 11.3 Å². The molecule has 2 rings (SSSR count). The zero-order valence-electron chi connectivity index (χ0n) is 12.9. The van der Waals surface area contributed by atoms with Crippen LogP contribution in [-0.4, -0.2) is 36.4 Å². The number of imide groups is 1. The number of carbonyl (C=O) groups is 3. The fraction of sp³-hybridized carbons (Fsp3) is 0.133. The van der Waals surface area contributed by atoms with E-state index < -0.39 is 35.0 Å². The van der Waals surface area contributed by atoms with E-state index in [9.17, 15) is 24.5 Å². The summed E-state index contributed by atoms with van der Waals surface area (Å²) in [4.78, 5) is 45.7. The maximum absolute atomic E-state index is 11.9. The number of carbonyl (C=O) groups excluding carboxylic acids is 3. The fourth-order valence-corrected chi connectivity index (χ4v) is 2.43. The van der Waals surface area contributed by atoms with Gasteiger partial charge in [-0.3, -0.25) is 25.0 Å². The first kappa shape index (κ1) is 18.1. The molecule has 1 aromatic heterocycles. The Labute approximate surface area is 145 Å². The number of hydrogen-bond donors (Lipinski definition) is 1. The Balaban J connectivity index is 1.96. The number of rotatable bonds is 6. The van der Waals surface area contributed by atoms with Crippen molar-refractivity contribution in [3.8, 4) is 5.75 Å². The Kier molecular flexibility index (Phi) is 5.79. The van der Waals surface area contributed by atoms with Crippen molar-refractivity contribution in [1.29, 1.82) is 0 Å². The predicted octanol–water partition coefficient (Wildman–Crippen LogP) is 1.78. The molecule has 0 fully saturated rings. The van der Waals surface area contributed by atoms with Gasteiger partial charge in [0.05, 0.1) is 22.5 Å². The number of nitro benzene ring substituents is 1. The second-order valence-corrected chi connectivity index (χ2v) is 5.52. The Morgan fingerprint density at radius 1 is 1.28 bits per heavy atom. The second kappa shape index (κ2) is 8.02. The van der Waals surface area contributed by atoms with Crippen LogP contribution in [0.3, 0.4) is 0 Å². The van der Waals surface area contributed by atoms with E-state index in [2.05, 4.69) is 5.32 Å². The summed E-state index contributed by atoms with van der Waals surface area (Å²) >= 11 is 1.15. The van der Waals surface area contributed by atoms with Crippen molar-refractivity contribution in [3.05, 3.63) is 56.3 Å². The van der Waals surface area contributed by atoms with Crippen molar-refractivity contribution in [2.24, 2.45) is 0 Å². The SMILES string of the molecule is COc1ccc(C(=O)OCC(=O)NC(=O)c2cccs2)cc1[N+](=O)[O-]. The molecule has 0 atom stereocenters. The zero-order valence-corrected chi connectivity index (χ0v) is 13.7. The molecule has 0 radical (unpaired) electrons. The average Bonchev–Trinajstić information content (AvgIpc) is 3.13. The summed E-state index contributed by atoms with van der Waals surface area (Å²) < 4.78 is 9.58. The minimum absolute atomic E-state index is 0.0131. The number of nitrogens with zero attached hydrogens (tertiary/aromatic N) is 1. The van der Waals surface area contributed by atoms with Crippen molar-refractivity contribution in [3.63, 3.8) is 0 Å². The van der Waals surface area contributed by atoms with E-state index in [-0.39, 0.29) is 11.3 Å². The molecular weight excluding hydrogens is 352 g/mol. The van der Waals surface area contributed by atoms with Crippen LogP contribution in [-0.2, 0) is 9.53 Å². The molecular formula is C15H12N2O7S. The van der Waals surface area contributed by atoms with Crippen LogP contribution in [0.25, 0.3) is 0 Å². The van der Waals surface area contributed by atoms with Gasteiger partial charge >= 0.3 is 11.7 Å². The van der Waals surface area contributed by atoms with Gasteiger partial charge in [-0.25, -0.2) is 4.79 Å². The predicted molar refractivity (Wildman–Crippen MR) is 86.7 cm³/mol. The normalized spacial score (nSPS) is 9.96. The lowest BCUT2D eigenvalue weighted by Crippen LogP contribution is -2.33. The van der Waals surface area contributed by atoms with Gasteiger partial charge in [-0.15, -0.1) is 11.3 Å². The van der Waals surface area contributed by atoms with Crippen LogP contribution in [0.2, 0.25) is 0 Å². The Morgan fingerprint density at radius 2 is 2.04 bits per heavy atom. The standard InChI is InChI=1S/C15H12N2O7S/c1-23-11-5-4-9(7-10(11)17(21)22)15(20)24-8-13(18)16-14(19)12-3-2-6-25-12/h2-7H,8H2,1H3,(H,16,18,19). The third-order valence-electron chi connectivity index (χ3n) is 2.94. The molecule has 25 heavy (non-hydrogen) atoms. The highest BCUT2D eigenvalue weighted by Gasteiger charge is 2.20. The zero-order chi connectivity index (χ0) is 18.4. The first-order valence-electron chi connectivity index (χ1n) is 6.79. The van der Waals surface area contributed by atoms with E-state index in [4.69, 9.17) is 9.47 Å². The maximum atomic E-state index is 11.9. The summed E-state index contributed by atoms with van der Waals surface area (Å²) in [5.74, 6) is -2.36. The number of hydrogen-bond acceptors (Lipinski definition) is 8. The maximum Gasteiger partial charge on any atom is 0.338 e. The minimum Gasteiger partial charge on any atom is -0.490 e. The van der Waals surface area contributed by atoms with Crippen LogP contribution in [0.15, 0.2) is 35.7 Å². The minimum atomic E-state index is -0.940. The number of thiophene rings is 1. The smallest absolute Gasteiger partial charge is 0.338 e. The van der Waals surface area contributed by atoms with E-state index in [1.807, 2.05) is 0 Å². The third-order valence-corrected chi connectivity index (χ3v) is 3.81. The molecule has 0 saturated heterocycles. The molecule has 2 aromatic rings. The van der Waals surface area contributed by atoms with Crippen molar-refractivity contribution < 1.29 is 28.8 Å². The molecule has 10 heteroatoms. The first-order valence-corrected chi connectivity index (χ1v) is 7.67. The van der Waals surface area contributed by atoms with Crippen LogP contribution in [0.5, 0.6) is 5.75 Å². The van der Waals surface area contributed by atoms with E-state index >= 15 is 0 Å². The van der Waals surface area contributed by atoms with E-state index in [1.54, 1.807) is 11.4 Å². The highest BCUT2D eigenvalue weighted by Crippen LogP contribution is 2.27. The van der Waals surface area contributed by atoms with Gasteiger partial charge in [-0.1, -0.05) is 6.07 Å². The summed E-state index contributed by atoms with van der Waals surface area (Å²) in [6.07, 6.45) is 0. The molecule has 0 aliphatic rings. The summed E-state index contributed by atoms with van der Waals surface area (Å²) in [7, 11) is 1.26. The van der Waals surface area contributed by atoms with Crippen molar-refractivity contribution in [2.45, 2.75) is 0 Å². The molecule has 0 aliphatic heterocycles. The third kappa shape index (κ3) is 4.61. The lowest BCUT2D eigenvalue weighted by Gasteiger charge is -2.06. The van der Waals surface area contributed by atoms with Gasteiger partial charge in [0.2, 0.25) is 0 Å². The van der Waals surface area contributed by atoms with Gasteiger partial charge in [0, 0.05) is 6.07 Å². The molecule has 0 unspecified atom stereocenters. The van der Waals surface area contributed by atoms with Gasteiger partial charge in [-0.05, 0) is 23.6 Å². The van der Waals surface area contributed by atoms with Crippen LogP contribution in [0.1, 0.15) is 20.0 Å². The number of amides is 2. The lowest BCUT2D eigenvalue weighted by molar-refractivity contribution is -0.385. The molecule has 1 aromatic carbocycles. The summed E-state index contributed by atoms with van der Waals surface area (Å²) in [5, 5.41) is 14.7. The van der Waals surface area contributed by atoms with Crippen molar-refractivity contribution >= 4 is 34.8 Å². The first-order chi connectivity index (χ1) is 11.9. The molecule has 0 spiro atoms. The number of ether oxygens (including phenoxy) is 2. The molecule has 0 saturated carbocycles. The monoisotopic (exact) mass is 364 g/mol. The highest BCUT2D eigenvalue weighted by molar-refractivity contribution is 7.12. The molecule has 0 bridgehead atoms. The van der Waals surface area contributed by atoms with Gasteiger partial charge in [0.25, 0.3) is 11.8 Å². The molecule has 1 heterocycles. The van der Waals surface area contributed by atoms with Gasteiger partial charge in [0.1, 0.15) is 0 Å². The molecule has 0 aliphatic carbocycles. The van der Waals surface area contributed by atoms with Gasteiger partial charge in [-0.2, -0.15) is 0 Å². The quantitative estimate of drug-likeness (QED) is 0.470. The largest absolute Gasteiger partial charge is 0.490 e. The number of nitrogens with one attached hydrogen (secondary N) is 1. The van der Waals surface area contributed by atoms with E-state index in [0.29, 0.717) is 4.88 Å². The summed E-state index contributed by atoms with van der Waals surface area (Å²) in [6.45, 7) is -0.699. The van der Waals surface area contributed by atoms with Crippen molar-refractivity contribution in [2.75, 3.05) is 13.7 Å². The van der Waals surface area contributed by atoms with Gasteiger partial charge < -0.3 is 9.47 Å². The molecule has 2 amide bonds. The van der Waals surface area contributed by atoms with Crippen LogP contribution < -0.4 is 10.1 Å².